The van der Waals surface area contributed by atoms with Crippen LogP contribution >= 0.6 is 0 Å². The van der Waals surface area contributed by atoms with E-state index in [2.05, 4.69) is 20.0 Å². The molecule has 0 amide bonds. The van der Waals surface area contributed by atoms with E-state index in [1.807, 2.05) is 6.07 Å². The predicted octanol–water partition coefficient (Wildman–Crippen LogP) is 1.17. The highest BCUT2D eigenvalue weighted by molar-refractivity contribution is 5.70. The van der Waals surface area contributed by atoms with Gasteiger partial charge in [0.05, 0.1) is 5.92 Å². The van der Waals surface area contributed by atoms with Gasteiger partial charge < -0.3 is 10.0 Å². The second-order valence-corrected chi connectivity index (χ2v) is 6.24. The Morgan fingerprint density at radius 1 is 1.24 bits per heavy atom. The molecule has 2 N–H and O–H groups in total. The van der Waals surface area contributed by atoms with Gasteiger partial charge in [-0.15, -0.1) is 0 Å². The van der Waals surface area contributed by atoms with Crippen LogP contribution in [0.15, 0.2) is 12.3 Å². The van der Waals surface area contributed by atoms with Crippen LogP contribution in [0.1, 0.15) is 31.4 Å². The average molecular weight is 292 g/mol. The second-order valence-electron chi connectivity index (χ2n) is 6.24. The molecule has 2 aliphatic rings. The third kappa shape index (κ3) is 3.63. The summed E-state index contributed by atoms with van der Waals surface area (Å²) in [5, 5.41) is 16.1. The van der Waals surface area contributed by atoms with Gasteiger partial charge in [0, 0.05) is 37.6 Å². The minimum Gasteiger partial charge on any atom is -0.481 e. The van der Waals surface area contributed by atoms with Crippen molar-refractivity contribution in [3.8, 4) is 0 Å². The van der Waals surface area contributed by atoms with Crippen molar-refractivity contribution in [3.63, 3.8) is 0 Å². The lowest BCUT2D eigenvalue weighted by Crippen LogP contribution is -2.48. The molecule has 1 aromatic rings. The van der Waals surface area contributed by atoms with Crippen LogP contribution < -0.4 is 0 Å². The zero-order valence-corrected chi connectivity index (χ0v) is 12.4. The molecule has 0 bridgehead atoms. The normalized spacial score (nSPS) is 23.4. The Bertz CT molecular complexity index is 446. The van der Waals surface area contributed by atoms with E-state index in [-0.39, 0.29) is 5.92 Å². The summed E-state index contributed by atoms with van der Waals surface area (Å²) in [7, 11) is 0. The molecule has 2 saturated heterocycles. The summed E-state index contributed by atoms with van der Waals surface area (Å²) in [5.74, 6) is -0.745. The molecule has 0 atom stereocenters. The minimum atomic E-state index is -0.621. The number of rotatable bonds is 4. The molecule has 0 aliphatic carbocycles. The SMILES string of the molecule is O=C(O)C1CCN(C2CCN(Cc3ccn[nH]3)CC2)CC1. The lowest BCUT2D eigenvalue weighted by Gasteiger charge is -2.41. The van der Waals surface area contributed by atoms with Gasteiger partial charge in [-0.3, -0.25) is 14.8 Å². The molecule has 2 fully saturated rings. The number of H-pyrrole nitrogens is 1. The average Bonchev–Trinajstić information content (AvgIpc) is 3.01. The van der Waals surface area contributed by atoms with E-state index in [1.54, 1.807) is 6.20 Å². The zero-order chi connectivity index (χ0) is 14.7. The van der Waals surface area contributed by atoms with Crippen LogP contribution in [-0.4, -0.2) is 63.3 Å². The number of likely N-dealkylation sites (tertiary alicyclic amines) is 2. The highest BCUT2D eigenvalue weighted by atomic mass is 16.4. The van der Waals surface area contributed by atoms with E-state index < -0.39 is 5.97 Å². The monoisotopic (exact) mass is 292 g/mol. The fourth-order valence-corrected chi connectivity index (χ4v) is 3.57. The molecule has 0 radical (unpaired) electrons. The summed E-state index contributed by atoms with van der Waals surface area (Å²) in [4.78, 5) is 16.0. The molecule has 6 heteroatoms. The number of nitrogens with one attached hydrogen (secondary N) is 1. The van der Waals surface area contributed by atoms with Crippen LogP contribution in [0.2, 0.25) is 0 Å². The quantitative estimate of drug-likeness (QED) is 0.871. The fraction of sp³-hybridized carbons (Fsp3) is 0.733. The second kappa shape index (κ2) is 6.58. The van der Waals surface area contributed by atoms with Crippen molar-refractivity contribution >= 4 is 5.97 Å². The Balaban J connectivity index is 1.43. The number of aromatic nitrogens is 2. The largest absolute Gasteiger partial charge is 0.481 e. The number of carbonyl (C=O) groups is 1. The summed E-state index contributed by atoms with van der Waals surface area (Å²) in [6, 6.07) is 2.67. The summed E-state index contributed by atoms with van der Waals surface area (Å²) >= 11 is 0. The minimum absolute atomic E-state index is 0.123. The number of hydrogen-bond acceptors (Lipinski definition) is 4. The van der Waals surface area contributed by atoms with Crippen molar-refractivity contribution in [3.05, 3.63) is 18.0 Å². The van der Waals surface area contributed by atoms with Crippen molar-refractivity contribution in [1.29, 1.82) is 0 Å². The molecule has 0 saturated carbocycles. The van der Waals surface area contributed by atoms with Gasteiger partial charge in [-0.05, 0) is 44.8 Å². The van der Waals surface area contributed by atoms with Gasteiger partial charge in [-0.1, -0.05) is 0 Å². The molecule has 6 nitrogen and oxygen atoms in total. The maximum atomic E-state index is 11.0. The van der Waals surface area contributed by atoms with E-state index in [4.69, 9.17) is 5.11 Å². The van der Waals surface area contributed by atoms with Gasteiger partial charge in [0.15, 0.2) is 0 Å². The zero-order valence-electron chi connectivity index (χ0n) is 12.4. The number of carboxylic acids is 1. The Labute approximate surface area is 125 Å². The first-order chi connectivity index (χ1) is 10.2. The third-order valence-electron chi connectivity index (χ3n) is 4.90. The van der Waals surface area contributed by atoms with Crippen LogP contribution in [0, 0.1) is 5.92 Å². The Hall–Kier alpha value is -1.40. The van der Waals surface area contributed by atoms with Crippen LogP contribution in [0.5, 0.6) is 0 Å². The molecular weight excluding hydrogens is 268 g/mol. The number of nitrogens with zero attached hydrogens (tertiary/aromatic N) is 3. The smallest absolute Gasteiger partial charge is 0.306 e. The molecular formula is C15H24N4O2. The molecule has 1 aromatic heterocycles. The summed E-state index contributed by atoms with van der Waals surface area (Å²) in [5.41, 5.74) is 1.18. The van der Waals surface area contributed by atoms with Gasteiger partial charge in [0.2, 0.25) is 0 Å². The topological polar surface area (TPSA) is 72.5 Å². The standard InChI is InChI=1S/C15H24N4O2/c20-15(21)12-2-9-19(10-3-12)14-4-7-18(8-5-14)11-13-1-6-16-17-13/h1,6,12,14H,2-5,7-11H2,(H,16,17)(H,20,21). The van der Waals surface area contributed by atoms with Crippen molar-refractivity contribution < 1.29 is 9.90 Å². The molecule has 0 spiro atoms. The van der Waals surface area contributed by atoms with Crippen molar-refractivity contribution in [2.24, 2.45) is 5.92 Å². The maximum Gasteiger partial charge on any atom is 0.306 e. The Kier molecular flexibility index (Phi) is 4.55. The fourth-order valence-electron chi connectivity index (χ4n) is 3.57. The maximum absolute atomic E-state index is 11.0. The van der Waals surface area contributed by atoms with E-state index >= 15 is 0 Å². The van der Waals surface area contributed by atoms with Crippen LogP contribution in [-0.2, 0) is 11.3 Å². The number of aliphatic carboxylic acids is 1. The van der Waals surface area contributed by atoms with Crippen molar-refractivity contribution in [2.75, 3.05) is 26.2 Å². The third-order valence-corrected chi connectivity index (χ3v) is 4.90. The van der Waals surface area contributed by atoms with Crippen LogP contribution in [0.25, 0.3) is 0 Å². The molecule has 21 heavy (non-hydrogen) atoms. The summed E-state index contributed by atoms with van der Waals surface area (Å²) in [6.07, 6.45) is 5.79. The molecule has 116 valence electrons. The molecule has 2 aliphatic heterocycles. The first-order valence-electron chi connectivity index (χ1n) is 7.90. The van der Waals surface area contributed by atoms with E-state index in [0.717, 1.165) is 45.6 Å². The van der Waals surface area contributed by atoms with Gasteiger partial charge >= 0.3 is 5.97 Å². The summed E-state index contributed by atoms with van der Waals surface area (Å²) < 4.78 is 0. The number of carboxylic acid groups (broad SMARTS) is 1. The van der Waals surface area contributed by atoms with E-state index in [9.17, 15) is 4.79 Å². The summed E-state index contributed by atoms with van der Waals surface area (Å²) in [6.45, 7) is 5.07. The number of hydrogen-bond donors (Lipinski definition) is 2. The molecule has 0 aromatic carbocycles. The van der Waals surface area contributed by atoms with Crippen molar-refractivity contribution in [2.45, 2.75) is 38.3 Å². The Morgan fingerprint density at radius 2 is 1.95 bits per heavy atom. The number of aromatic amines is 1. The van der Waals surface area contributed by atoms with Gasteiger partial charge in [0.25, 0.3) is 0 Å². The molecule has 3 heterocycles. The van der Waals surface area contributed by atoms with E-state index in [0.29, 0.717) is 6.04 Å². The highest BCUT2D eigenvalue weighted by Gasteiger charge is 2.30. The molecule has 3 rings (SSSR count). The number of piperidine rings is 2. The van der Waals surface area contributed by atoms with E-state index in [1.165, 1.54) is 18.5 Å². The lowest BCUT2D eigenvalue weighted by molar-refractivity contribution is -0.143. The lowest BCUT2D eigenvalue weighted by atomic mass is 9.93. The van der Waals surface area contributed by atoms with Crippen LogP contribution in [0.4, 0.5) is 0 Å². The first-order valence-corrected chi connectivity index (χ1v) is 7.90. The first kappa shape index (κ1) is 14.5. The van der Waals surface area contributed by atoms with Gasteiger partial charge in [-0.2, -0.15) is 5.10 Å². The Morgan fingerprint density at radius 3 is 2.52 bits per heavy atom. The van der Waals surface area contributed by atoms with Crippen LogP contribution in [0.3, 0.4) is 0 Å². The van der Waals surface area contributed by atoms with Gasteiger partial charge in [-0.25, -0.2) is 0 Å². The van der Waals surface area contributed by atoms with Crippen molar-refractivity contribution in [1.82, 2.24) is 20.0 Å². The predicted molar refractivity (Wildman–Crippen MR) is 78.8 cm³/mol. The molecule has 0 unspecified atom stereocenters. The van der Waals surface area contributed by atoms with Gasteiger partial charge in [0.1, 0.15) is 0 Å². The highest BCUT2D eigenvalue weighted by Crippen LogP contribution is 2.24.